The third-order valence-electron chi connectivity index (χ3n) is 3.32. The smallest absolute Gasteiger partial charge is 0.150 e. The number of ether oxygens (including phenoxy) is 2. The van der Waals surface area contributed by atoms with Gasteiger partial charge in [0.25, 0.3) is 0 Å². The van der Waals surface area contributed by atoms with Gasteiger partial charge < -0.3 is 9.47 Å². The topological polar surface area (TPSA) is 52.6 Å². The lowest BCUT2D eigenvalue weighted by molar-refractivity contribution is 0.0968. The van der Waals surface area contributed by atoms with Crippen molar-refractivity contribution in [3.05, 3.63) is 0 Å². The predicted octanol–water partition coefficient (Wildman–Crippen LogP) is 7.95. The van der Waals surface area contributed by atoms with Gasteiger partial charge in [-0.1, -0.05) is 75.7 Å². The molecular weight excluding hydrogens is 420 g/mol. The van der Waals surface area contributed by atoms with Crippen LogP contribution in [0.3, 0.4) is 0 Å². The summed E-state index contributed by atoms with van der Waals surface area (Å²) < 4.78 is 31.3. The van der Waals surface area contributed by atoms with E-state index in [2.05, 4.69) is 69.2 Å². The lowest BCUT2D eigenvalue weighted by Gasteiger charge is -2.08. The Kier molecular flexibility index (Phi) is 27.3. The molecule has 3 saturated heterocycles. The first-order valence-corrected chi connectivity index (χ1v) is 14.9. The molecule has 0 atom stereocenters. The molecule has 3 aliphatic rings. The molecule has 0 aromatic rings. The second-order valence-corrected chi connectivity index (χ2v) is 14.0. The zero-order valence-corrected chi connectivity index (χ0v) is 24.4. The molecule has 0 unspecified atom stereocenters. The Balaban J connectivity index is -0.000000322. The molecule has 4 nitrogen and oxygen atoms in total. The zero-order valence-electron chi connectivity index (χ0n) is 23.6. The predicted molar refractivity (Wildman–Crippen MR) is 143 cm³/mol. The van der Waals surface area contributed by atoms with Crippen LogP contribution in [0.1, 0.15) is 121 Å². The molecule has 0 N–H and O–H groups in total. The highest BCUT2D eigenvalue weighted by Gasteiger charge is 2.14. The van der Waals surface area contributed by atoms with Crippen molar-refractivity contribution in [2.75, 3.05) is 37.9 Å². The van der Waals surface area contributed by atoms with E-state index in [0.717, 1.165) is 57.5 Å². The molecule has 3 aliphatic heterocycles. The van der Waals surface area contributed by atoms with E-state index in [1.807, 2.05) is 0 Å². The molecule has 0 radical (unpaired) electrons. The quantitative estimate of drug-likeness (QED) is 0.353. The molecule has 0 amide bonds. The number of hydrogen-bond acceptors (Lipinski definition) is 4. The van der Waals surface area contributed by atoms with Gasteiger partial charge in [0.05, 0.1) is 11.5 Å². The van der Waals surface area contributed by atoms with Crippen LogP contribution in [0.2, 0.25) is 0 Å². The van der Waals surface area contributed by atoms with Gasteiger partial charge in [-0.3, -0.25) is 0 Å². The summed E-state index contributed by atoms with van der Waals surface area (Å²) in [6.07, 6.45) is 9.34. The molecule has 0 aliphatic carbocycles. The molecule has 5 heteroatoms. The van der Waals surface area contributed by atoms with Crippen LogP contribution in [-0.4, -0.2) is 46.4 Å². The molecular formula is C27H60O4S. The summed E-state index contributed by atoms with van der Waals surface area (Å²) in [6, 6.07) is 0. The average molecular weight is 481 g/mol. The number of sulfone groups is 1. The second kappa shape index (κ2) is 24.0. The second-order valence-electron chi connectivity index (χ2n) is 11.7. The van der Waals surface area contributed by atoms with Gasteiger partial charge in [0.1, 0.15) is 9.84 Å². The fourth-order valence-corrected chi connectivity index (χ4v) is 3.61. The summed E-state index contributed by atoms with van der Waals surface area (Å²) in [6.45, 7) is 25.8. The van der Waals surface area contributed by atoms with Crippen LogP contribution in [0.25, 0.3) is 0 Å². The molecule has 3 fully saturated rings. The SMILES string of the molecule is C1CCOC1.C1CCOCC1.CC(C)(C)C.CC(C)C.CC(C)C.O=S1(=O)CCCCC1. The van der Waals surface area contributed by atoms with Crippen molar-refractivity contribution < 1.29 is 17.9 Å². The summed E-state index contributed by atoms with van der Waals surface area (Å²) in [4.78, 5) is 0. The molecule has 0 spiro atoms. The van der Waals surface area contributed by atoms with E-state index in [-0.39, 0.29) is 0 Å². The van der Waals surface area contributed by atoms with Crippen LogP contribution in [0, 0.1) is 17.3 Å². The summed E-state index contributed by atoms with van der Waals surface area (Å²) >= 11 is 0. The minimum absolute atomic E-state index is 0.424. The maximum Gasteiger partial charge on any atom is 0.150 e. The largest absolute Gasteiger partial charge is 0.381 e. The summed E-state index contributed by atoms with van der Waals surface area (Å²) in [7, 11) is -2.58. The highest BCUT2D eigenvalue weighted by atomic mass is 32.2. The first-order valence-electron chi connectivity index (χ1n) is 13.0. The third-order valence-corrected chi connectivity index (χ3v) is 5.14. The molecule has 0 aromatic carbocycles. The van der Waals surface area contributed by atoms with E-state index >= 15 is 0 Å². The number of rotatable bonds is 0. The number of hydrogen-bond donors (Lipinski definition) is 0. The molecule has 0 aromatic heterocycles. The standard InChI is InChI=1S/C5H10O2S.C5H10O.C5H12.C4H8O.2C4H10/c6-8(7)4-2-1-3-5-8;1-2-4-6-5-3-1;1-5(2,3)4;1-2-4-5-3-1;2*1-4(2)3/h1-5H2;1-5H2;1-4H3;1-4H2;2*4H,1-3H3. The van der Waals surface area contributed by atoms with Crippen molar-refractivity contribution in [3.63, 3.8) is 0 Å². The maximum atomic E-state index is 10.7. The van der Waals surface area contributed by atoms with E-state index in [4.69, 9.17) is 9.47 Å². The Morgan fingerprint density at radius 3 is 0.875 bits per heavy atom. The Hall–Kier alpha value is -0.130. The van der Waals surface area contributed by atoms with E-state index in [1.54, 1.807) is 0 Å². The van der Waals surface area contributed by atoms with Crippen molar-refractivity contribution in [1.82, 2.24) is 0 Å². The Labute approximate surface area is 203 Å². The van der Waals surface area contributed by atoms with E-state index in [1.165, 1.54) is 32.1 Å². The highest BCUT2D eigenvalue weighted by Crippen LogP contribution is 2.09. The molecule has 0 bridgehead atoms. The zero-order chi connectivity index (χ0) is 25.5. The molecule has 0 saturated carbocycles. The Bertz CT molecular complexity index is 394. The van der Waals surface area contributed by atoms with Gasteiger partial charge >= 0.3 is 0 Å². The van der Waals surface area contributed by atoms with Crippen molar-refractivity contribution >= 4 is 9.84 Å². The Morgan fingerprint density at radius 1 is 0.531 bits per heavy atom. The van der Waals surface area contributed by atoms with Crippen molar-refractivity contribution in [2.45, 2.75) is 121 Å². The fraction of sp³-hybridized carbons (Fsp3) is 1.00. The van der Waals surface area contributed by atoms with E-state index < -0.39 is 9.84 Å². The van der Waals surface area contributed by atoms with Gasteiger partial charge in [-0.15, -0.1) is 0 Å². The van der Waals surface area contributed by atoms with Gasteiger partial charge in [-0.05, 0) is 62.2 Å². The van der Waals surface area contributed by atoms with Crippen LogP contribution in [0.4, 0.5) is 0 Å². The van der Waals surface area contributed by atoms with Crippen molar-refractivity contribution in [1.29, 1.82) is 0 Å². The lowest BCUT2D eigenvalue weighted by atomic mass is 10.0. The van der Waals surface area contributed by atoms with Gasteiger partial charge in [0.2, 0.25) is 0 Å². The van der Waals surface area contributed by atoms with Crippen LogP contribution < -0.4 is 0 Å². The van der Waals surface area contributed by atoms with Crippen molar-refractivity contribution in [2.24, 2.45) is 17.3 Å². The van der Waals surface area contributed by atoms with Gasteiger partial charge in [-0.25, -0.2) is 8.42 Å². The van der Waals surface area contributed by atoms with Crippen LogP contribution >= 0.6 is 0 Å². The fourth-order valence-electron chi connectivity index (χ4n) is 2.12. The van der Waals surface area contributed by atoms with Crippen LogP contribution in [0.15, 0.2) is 0 Å². The van der Waals surface area contributed by atoms with Crippen LogP contribution in [0.5, 0.6) is 0 Å². The van der Waals surface area contributed by atoms with E-state index in [0.29, 0.717) is 16.9 Å². The maximum absolute atomic E-state index is 10.7. The average Bonchev–Trinajstić information content (AvgIpc) is 3.21. The normalized spacial score (nSPS) is 19.2. The summed E-state index contributed by atoms with van der Waals surface area (Å²) in [5.74, 6) is 2.51. The van der Waals surface area contributed by atoms with E-state index in [9.17, 15) is 8.42 Å². The lowest BCUT2D eigenvalue weighted by Crippen LogP contribution is -2.15. The third kappa shape index (κ3) is 57.2. The molecule has 32 heavy (non-hydrogen) atoms. The van der Waals surface area contributed by atoms with Gasteiger partial charge in [0, 0.05) is 26.4 Å². The minimum atomic E-state index is -2.58. The molecule has 3 heterocycles. The first kappa shape index (κ1) is 36.4. The monoisotopic (exact) mass is 480 g/mol. The summed E-state index contributed by atoms with van der Waals surface area (Å²) in [5, 5.41) is 0. The first-order chi connectivity index (χ1) is 14.7. The van der Waals surface area contributed by atoms with Gasteiger partial charge in [0.15, 0.2) is 0 Å². The summed E-state index contributed by atoms with van der Waals surface area (Å²) in [5.41, 5.74) is 0.500. The Morgan fingerprint density at radius 2 is 0.750 bits per heavy atom. The van der Waals surface area contributed by atoms with Gasteiger partial charge in [-0.2, -0.15) is 0 Å². The minimum Gasteiger partial charge on any atom is -0.381 e. The highest BCUT2D eigenvalue weighted by molar-refractivity contribution is 7.91. The van der Waals surface area contributed by atoms with Crippen molar-refractivity contribution in [3.8, 4) is 0 Å². The molecule has 3 rings (SSSR count). The molecule has 198 valence electrons. The van der Waals surface area contributed by atoms with Crippen LogP contribution in [-0.2, 0) is 19.3 Å².